The highest BCUT2D eigenvalue weighted by Crippen LogP contribution is 2.12. The van der Waals surface area contributed by atoms with Gasteiger partial charge in [-0.1, -0.05) is 12.1 Å². The first-order chi connectivity index (χ1) is 6.66. The largest absolute Gasteiger partial charge is 0.351 e. The van der Waals surface area contributed by atoms with Crippen molar-refractivity contribution < 1.29 is 4.79 Å². The van der Waals surface area contributed by atoms with Crippen LogP contribution in [0.2, 0.25) is 0 Å². The van der Waals surface area contributed by atoms with Gasteiger partial charge in [-0.2, -0.15) is 0 Å². The van der Waals surface area contributed by atoms with Crippen molar-refractivity contribution in [2.45, 2.75) is 13.8 Å². The number of nitrogens with two attached hydrogens (primary N) is 1. The van der Waals surface area contributed by atoms with E-state index in [1.165, 1.54) is 0 Å². The van der Waals surface area contributed by atoms with Crippen molar-refractivity contribution in [3.8, 4) is 0 Å². The Hall–Kier alpha value is -1.35. The van der Waals surface area contributed by atoms with Gasteiger partial charge >= 0.3 is 0 Å². The first-order valence-electron chi connectivity index (χ1n) is 4.71. The molecule has 1 rings (SSSR count). The summed E-state index contributed by atoms with van der Waals surface area (Å²) in [4.78, 5) is 11.6. The van der Waals surface area contributed by atoms with Crippen molar-refractivity contribution in [1.29, 1.82) is 0 Å². The number of hydrogen-bond acceptors (Lipinski definition) is 2. The van der Waals surface area contributed by atoms with Crippen LogP contribution in [-0.4, -0.2) is 19.0 Å². The van der Waals surface area contributed by atoms with E-state index in [2.05, 4.69) is 5.32 Å². The Labute approximate surface area is 84.3 Å². The molecular formula is C11H16N2O. The van der Waals surface area contributed by atoms with Crippen LogP contribution in [0, 0.1) is 13.8 Å². The Morgan fingerprint density at radius 2 is 2.14 bits per heavy atom. The molecule has 1 amide bonds. The Bertz CT molecular complexity index is 334. The molecule has 0 aliphatic rings. The van der Waals surface area contributed by atoms with Gasteiger partial charge in [-0.25, -0.2) is 0 Å². The highest BCUT2D eigenvalue weighted by atomic mass is 16.1. The molecule has 1 aromatic carbocycles. The van der Waals surface area contributed by atoms with Gasteiger partial charge in [0, 0.05) is 18.7 Å². The van der Waals surface area contributed by atoms with E-state index in [1.807, 2.05) is 32.0 Å². The highest BCUT2D eigenvalue weighted by Gasteiger charge is 2.08. The number of amides is 1. The number of benzene rings is 1. The van der Waals surface area contributed by atoms with Crippen LogP contribution in [0.15, 0.2) is 18.2 Å². The van der Waals surface area contributed by atoms with Crippen LogP contribution in [0.4, 0.5) is 0 Å². The molecule has 76 valence electrons. The lowest BCUT2D eigenvalue weighted by molar-refractivity contribution is 0.0954. The molecule has 0 bridgehead atoms. The molecule has 3 nitrogen and oxygen atoms in total. The number of nitrogens with one attached hydrogen (secondary N) is 1. The minimum Gasteiger partial charge on any atom is -0.351 e. The Balaban J connectivity index is 2.84. The topological polar surface area (TPSA) is 55.1 Å². The van der Waals surface area contributed by atoms with E-state index < -0.39 is 0 Å². The molecule has 0 aliphatic heterocycles. The molecule has 0 saturated heterocycles. The summed E-state index contributed by atoms with van der Waals surface area (Å²) in [6, 6.07) is 5.71. The van der Waals surface area contributed by atoms with Crippen molar-refractivity contribution in [3.63, 3.8) is 0 Å². The van der Waals surface area contributed by atoms with E-state index in [1.54, 1.807) is 0 Å². The maximum Gasteiger partial charge on any atom is 0.251 e. The normalized spacial score (nSPS) is 9.93. The van der Waals surface area contributed by atoms with Crippen LogP contribution >= 0.6 is 0 Å². The predicted molar refractivity (Wildman–Crippen MR) is 57.3 cm³/mol. The van der Waals surface area contributed by atoms with Gasteiger partial charge in [0.25, 0.3) is 5.91 Å². The molecule has 3 heteroatoms. The third kappa shape index (κ3) is 2.33. The van der Waals surface area contributed by atoms with Gasteiger partial charge in [-0.3, -0.25) is 4.79 Å². The van der Waals surface area contributed by atoms with Crippen molar-refractivity contribution in [3.05, 3.63) is 34.9 Å². The number of rotatable bonds is 3. The van der Waals surface area contributed by atoms with Crippen molar-refractivity contribution in [1.82, 2.24) is 5.32 Å². The summed E-state index contributed by atoms with van der Waals surface area (Å²) in [5.41, 5.74) is 8.20. The fraction of sp³-hybridized carbons (Fsp3) is 0.364. The van der Waals surface area contributed by atoms with E-state index in [9.17, 15) is 4.79 Å². The summed E-state index contributed by atoms with van der Waals surface area (Å²) in [6.45, 7) is 4.94. The fourth-order valence-corrected chi connectivity index (χ4v) is 1.28. The van der Waals surface area contributed by atoms with Crippen LogP contribution in [0.3, 0.4) is 0 Å². The lowest BCUT2D eigenvalue weighted by Crippen LogP contribution is -2.29. The minimum atomic E-state index is -0.0448. The summed E-state index contributed by atoms with van der Waals surface area (Å²) >= 11 is 0. The summed E-state index contributed by atoms with van der Waals surface area (Å²) in [5.74, 6) is -0.0448. The van der Waals surface area contributed by atoms with Crippen LogP contribution < -0.4 is 11.1 Å². The standard InChI is InChI=1S/C11H16N2O/c1-8-4-3-5-10(9(8)2)11(14)13-7-6-12/h3-5H,6-7,12H2,1-2H3,(H,13,14). The van der Waals surface area contributed by atoms with Crippen LogP contribution in [-0.2, 0) is 0 Å². The molecule has 0 spiro atoms. The molecule has 14 heavy (non-hydrogen) atoms. The molecule has 0 fully saturated rings. The number of carbonyl (C=O) groups is 1. The molecule has 0 atom stereocenters. The first kappa shape index (κ1) is 10.7. The van der Waals surface area contributed by atoms with Gasteiger partial charge in [0.1, 0.15) is 0 Å². The van der Waals surface area contributed by atoms with E-state index in [4.69, 9.17) is 5.73 Å². The predicted octanol–water partition coefficient (Wildman–Crippen LogP) is 0.992. The highest BCUT2D eigenvalue weighted by molar-refractivity contribution is 5.95. The van der Waals surface area contributed by atoms with E-state index in [0.29, 0.717) is 13.1 Å². The Kier molecular flexibility index (Phi) is 3.65. The second kappa shape index (κ2) is 4.77. The van der Waals surface area contributed by atoms with Gasteiger partial charge in [0.15, 0.2) is 0 Å². The smallest absolute Gasteiger partial charge is 0.251 e. The van der Waals surface area contributed by atoms with Gasteiger partial charge in [0.05, 0.1) is 0 Å². The van der Waals surface area contributed by atoms with Crippen LogP contribution in [0.5, 0.6) is 0 Å². The van der Waals surface area contributed by atoms with Gasteiger partial charge < -0.3 is 11.1 Å². The number of hydrogen-bond donors (Lipinski definition) is 2. The van der Waals surface area contributed by atoms with Gasteiger partial charge in [0.2, 0.25) is 0 Å². The number of aryl methyl sites for hydroxylation is 1. The minimum absolute atomic E-state index is 0.0448. The average Bonchev–Trinajstić information content (AvgIpc) is 2.18. The second-order valence-electron chi connectivity index (χ2n) is 3.29. The maximum atomic E-state index is 11.6. The van der Waals surface area contributed by atoms with Crippen molar-refractivity contribution in [2.24, 2.45) is 5.73 Å². The zero-order valence-corrected chi connectivity index (χ0v) is 8.63. The van der Waals surface area contributed by atoms with Gasteiger partial charge in [-0.15, -0.1) is 0 Å². The van der Waals surface area contributed by atoms with Crippen LogP contribution in [0.25, 0.3) is 0 Å². The van der Waals surface area contributed by atoms with Crippen molar-refractivity contribution in [2.75, 3.05) is 13.1 Å². The third-order valence-corrected chi connectivity index (χ3v) is 2.28. The van der Waals surface area contributed by atoms with Crippen molar-refractivity contribution >= 4 is 5.91 Å². The second-order valence-corrected chi connectivity index (χ2v) is 3.29. The molecule has 3 N–H and O–H groups in total. The average molecular weight is 192 g/mol. The number of carbonyl (C=O) groups excluding carboxylic acids is 1. The monoisotopic (exact) mass is 192 g/mol. The molecular weight excluding hydrogens is 176 g/mol. The molecule has 0 saturated carbocycles. The Morgan fingerprint density at radius 3 is 2.79 bits per heavy atom. The Morgan fingerprint density at radius 1 is 1.43 bits per heavy atom. The van der Waals surface area contributed by atoms with Gasteiger partial charge in [-0.05, 0) is 31.0 Å². The fourth-order valence-electron chi connectivity index (χ4n) is 1.28. The van der Waals surface area contributed by atoms with E-state index in [-0.39, 0.29) is 5.91 Å². The molecule has 0 aliphatic carbocycles. The summed E-state index contributed by atoms with van der Waals surface area (Å²) in [7, 11) is 0. The molecule has 0 heterocycles. The first-order valence-corrected chi connectivity index (χ1v) is 4.71. The zero-order valence-electron chi connectivity index (χ0n) is 8.63. The van der Waals surface area contributed by atoms with E-state index >= 15 is 0 Å². The third-order valence-electron chi connectivity index (χ3n) is 2.28. The summed E-state index contributed by atoms with van der Waals surface area (Å²) in [5, 5.41) is 2.75. The SMILES string of the molecule is Cc1cccc(C(=O)NCCN)c1C. The molecule has 0 radical (unpaired) electrons. The molecule has 1 aromatic rings. The maximum absolute atomic E-state index is 11.6. The lowest BCUT2D eigenvalue weighted by Gasteiger charge is -2.08. The van der Waals surface area contributed by atoms with E-state index in [0.717, 1.165) is 16.7 Å². The zero-order chi connectivity index (χ0) is 10.6. The molecule has 0 aromatic heterocycles. The quantitative estimate of drug-likeness (QED) is 0.750. The lowest BCUT2D eigenvalue weighted by atomic mass is 10.0. The van der Waals surface area contributed by atoms with Crippen LogP contribution in [0.1, 0.15) is 21.5 Å². The molecule has 0 unspecified atom stereocenters. The summed E-state index contributed by atoms with van der Waals surface area (Å²) in [6.07, 6.45) is 0. The summed E-state index contributed by atoms with van der Waals surface area (Å²) < 4.78 is 0.